The molecule has 2 aromatic carbocycles. The smallest absolute Gasteiger partial charge is 0.327 e. The third-order valence-corrected chi connectivity index (χ3v) is 4.76. The van der Waals surface area contributed by atoms with Crippen LogP contribution in [0.25, 0.3) is 0 Å². The van der Waals surface area contributed by atoms with E-state index in [9.17, 15) is 15.0 Å². The first-order valence-electron chi connectivity index (χ1n) is 9.97. The number of phenols is 2. The first kappa shape index (κ1) is 24.4. The average Bonchev–Trinajstić information content (AvgIpc) is 3.66. The van der Waals surface area contributed by atoms with Crippen molar-refractivity contribution in [3.05, 3.63) is 72.3 Å². The van der Waals surface area contributed by atoms with Crippen LogP contribution in [0.5, 0.6) is 11.5 Å². The molecule has 0 bridgehead atoms. The number of hydrogen-bond donors (Lipinski definition) is 3. The second-order valence-electron chi connectivity index (χ2n) is 7.71. The molecule has 2 fully saturated rings. The molecule has 7 nitrogen and oxygen atoms in total. The Balaban J connectivity index is 0.000000202. The van der Waals surface area contributed by atoms with Gasteiger partial charge in [0.2, 0.25) is 0 Å². The Kier molecular flexibility index (Phi) is 9.05. The van der Waals surface area contributed by atoms with Gasteiger partial charge in [-0.1, -0.05) is 44.7 Å². The van der Waals surface area contributed by atoms with Gasteiger partial charge in [-0.25, -0.2) is 4.79 Å². The predicted molar refractivity (Wildman–Crippen MR) is 116 cm³/mol. The molecule has 4 rings (SSSR count). The summed E-state index contributed by atoms with van der Waals surface area (Å²) < 4.78 is 15.1. The zero-order chi connectivity index (χ0) is 22.9. The van der Waals surface area contributed by atoms with Crippen molar-refractivity contribution in [2.45, 2.75) is 31.5 Å². The van der Waals surface area contributed by atoms with Gasteiger partial charge in [-0.2, -0.15) is 0 Å². The lowest BCUT2D eigenvalue weighted by molar-refractivity contribution is -0.131. The largest absolute Gasteiger partial charge is 0.508 e. The van der Waals surface area contributed by atoms with Gasteiger partial charge in [-0.05, 0) is 35.4 Å². The van der Waals surface area contributed by atoms with E-state index in [1.165, 1.54) is 0 Å². The maximum atomic E-state index is 9.30. The van der Waals surface area contributed by atoms with E-state index in [0.717, 1.165) is 43.6 Å². The van der Waals surface area contributed by atoms with Gasteiger partial charge in [0.25, 0.3) is 0 Å². The number of carboxylic acids is 1. The maximum absolute atomic E-state index is 9.30. The van der Waals surface area contributed by atoms with Crippen LogP contribution in [0.15, 0.2) is 61.2 Å². The third kappa shape index (κ3) is 9.21. The Morgan fingerprint density at radius 1 is 0.968 bits per heavy atom. The fraction of sp³-hybridized carbons (Fsp3) is 0.375. The molecule has 2 aliphatic heterocycles. The summed E-state index contributed by atoms with van der Waals surface area (Å²) in [5.41, 5.74) is 2.10. The highest BCUT2D eigenvalue weighted by Gasteiger charge is 2.26. The molecule has 2 unspecified atom stereocenters. The molecule has 0 amide bonds. The molecule has 0 aliphatic carbocycles. The lowest BCUT2D eigenvalue weighted by atomic mass is 9.78. The van der Waals surface area contributed by atoms with Crippen LogP contribution in [-0.2, 0) is 24.4 Å². The number of carbonyl (C=O) groups is 1. The first-order valence-corrected chi connectivity index (χ1v) is 9.97. The predicted octanol–water partition coefficient (Wildman–Crippen LogP) is 3.48. The Morgan fingerprint density at radius 2 is 1.29 bits per heavy atom. The van der Waals surface area contributed by atoms with E-state index in [1.807, 2.05) is 24.3 Å². The van der Waals surface area contributed by atoms with Gasteiger partial charge in [-0.3, -0.25) is 0 Å². The van der Waals surface area contributed by atoms with Crippen molar-refractivity contribution in [1.29, 1.82) is 0 Å². The number of hydrogen-bond acceptors (Lipinski definition) is 6. The Labute approximate surface area is 182 Å². The second kappa shape index (κ2) is 11.5. The van der Waals surface area contributed by atoms with Gasteiger partial charge in [-0.15, -0.1) is 0 Å². The molecule has 0 radical (unpaired) electrons. The number of aliphatic carboxylic acids is 1. The summed E-state index contributed by atoms with van der Waals surface area (Å²) in [5, 5.41) is 26.2. The number of ether oxygens (including phenoxy) is 3. The zero-order valence-electron chi connectivity index (χ0n) is 17.9. The van der Waals surface area contributed by atoms with Crippen molar-refractivity contribution in [1.82, 2.24) is 0 Å². The van der Waals surface area contributed by atoms with E-state index in [2.05, 4.69) is 20.4 Å². The van der Waals surface area contributed by atoms with Gasteiger partial charge in [0, 0.05) is 11.5 Å². The Hall–Kier alpha value is -2.87. The van der Waals surface area contributed by atoms with E-state index in [0.29, 0.717) is 12.2 Å². The minimum absolute atomic E-state index is 0.151. The highest BCUT2D eigenvalue weighted by Crippen LogP contribution is 2.32. The van der Waals surface area contributed by atoms with Crippen LogP contribution < -0.4 is 0 Å². The Bertz CT molecular complexity index is 761. The van der Waals surface area contributed by atoms with Crippen molar-refractivity contribution < 1.29 is 34.3 Å². The van der Waals surface area contributed by atoms with Gasteiger partial charge in [0.05, 0.1) is 26.4 Å². The lowest BCUT2D eigenvalue weighted by Crippen LogP contribution is -2.18. The third-order valence-electron chi connectivity index (χ3n) is 4.76. The highest BCUT2D eigenvalue weighted by molar-refractivity contribution is 5.78. The molecule has 2 aromatic rings. The summed E-state index contributed by atoms with van der Waals surface area (Å²) >= 11 is 0. The van der Waals surface area contributed by atoms with Crippen LogP contribution >= 0.6 is 0 Å². The summed E-state index contributed by atoms with van der Waals surface area (Å²) in [6, 6.07) is 14.4. The standard InChI is InChI=1S/C15H16O2.C6H10O3.C3H4O2/c1-15(2,11-3-7-13(16)8-4-11)12-5-9-14(17)10-6-12;1(5-3-8-5)7-2-6-4-9-6;1-2-3(4)5/h3-10,16-17H,1-2H3;5-6H,1-4H2;2H,1H2,(H,4,5). The monoisotopic (exact) mass is 430 g/mol. The molecule has 3 N–H and O–H groups in total. The molecule has 0 spiro atoms. The van der Waals surface area contributed by atoms with E-state index in [1.54, 1.807) is 24.3 Å². The van der Waals surface area contributed by atoms with Crippen LogP contribution in [0.1, 0.15) is 25.0 Å². The average molecular weight is 430 g/mol. The summed E-state index contributed by atoms with van der Waals surface area (Å²) in [6.45, 7) is 10.5. The number of aromatic hydroxyl groups is 2. The van der Waals surface area contributed by atoms with Gasteiger partial charge >= 0.3 is 5.97 Å². The van der Waals surface area contributed by atoms with Crippen molar-refractivity contribution in [3.8, 4) is 11.5 Å². The lowest BCUT2D eigenvalue weighted by Gasteiger charge is -2.26. The highest BCUT2D eigenvalue weighted by atomic mass is 16.6. The van der Waals surface area contributed by atoms with Crippen LogP contribution in [0.3, 0.4) is 0 Å². The topological polar surface area (TPSA) is 112 Å². The van der Waals surface area contributed by atoms with E-state index >= 15 is 0 Å². The van der Waals surface area contributed by atoms with Crippen molar-refractivity contribution in [2.24, 2.45) is 0 Å². The molecule has 2 aliphatic rings. The molecule has 2 saturated heterocycles. The molecule has 0 saturated carbocycles. The number of rotatable bonds is 7. The van der Waals surface area contributed by atoms with Crippen LogP contribution in [-0.4, -0.2) is 59.9 Å². The van der Waals surface area contributed by atoms with Crippen LogP contribution in [0.2, 0.25) is 0 Å². The molecule has 7 heteroatoms. The van der Waals surface area contributed by atoms with E-state index in [-0.39, 0.29) is 16.9 Å². The van der Waals surface area contributed by atoms with Crippen LogP contribution in [0.4, 0.5) is 0 Å². The minimum atomic E-state index is -0.981. The molecule has 168 valence electrons. The van der Waals surface area contributed by atoms with Crippen LogP contribution in [0, 0.1) is 0 Å². The summed E-state index contributed by atoms with van der Waals surface area (Å²) in [7, 11) is 0. The number of epoxide rings is 2. The van der Waals surface area contributed by atoms with E-state index in [4.69, 9.17) is 19.3 Å². The number of benzene rings is 2. The minimum Gasteiger partial charge on any atom is -0.508 e. The molecule has 2 atom stereocenters. The second-order valence-corrected chi connectivity index (χ2v) is 7.71. The fourth-order valence-electron chi connectivity index (χ4n) is 2.58. The maximum Gasteiger partial charge on any atom is 0.327 e. The first-order chi connectivity index (χ1) is 14.7. The quantitative estimate of drug-likeness (QED) is 0.455. The molecule has 31 heavy (non-hydrogen) atoms. The van der Waals surface area contributed by atoms with Crippen molar-refractivity contribution in [3.63, 3.8) is 0 Å². The molecule has 2 heterocycles. The number of carboxylic acid groups (broad SMARTS) is 1. The summed E-state index contributed by atoms with van der Waals surface area (Å²) in [5.74, 6) is -0.435. The molecular weight excluding hydrogens is 400 g/mol. The molecular formula is C24H30O7. The normalized spacial score (nSPS) is 18.5. The Morgan fingerprint density at radius 3 is 1.55 bits per heavy atom. The van der Waals surface area contributed by atoms with Gasteiger partial charge in [0.1, 0.15) is 23.7 Å². The van der Waals surface area contributed by atoms with Crippen molar-refractivity contribution in [2.75, 3.05) is 26.4 Å². The van der Waals surface area contributed by atoms with E-state index < -0.39 is 5.97 Å². The van der Waals surface area contributed by atoms with Gasteiger partial charge < -0.3 is 29.5 Å². The molecule has 0 aromatic heterocycles. The zero-order valence-corrected chi connectivity index (χ0v) is 17.9. The summed E-state index contributed by atoms with van der Waals surface area (Å²) in [4.78, 5) is 9.25. The SMILES string of the molecule is C(OCC1CO1)C1CO1.C=CC(=O)O.CC(C)(c1ccc(O)cc1)c1ccc(O)cc1. The summed E-state index contributed by atoms with van der Waals surface area (Å²) in [6.07, 6.45) is 1.62. The fourth-order valence-corrected chi connectivity index (χ4v) is 2.58. The van der Waals surface area contributed by atoms with Gasteiger partial charge in [0.15, 0.2) is 0 Å². The van der Waals surface area contributed by atoms with Crippen molar-refractivity contribution >= 4 is 5.97 Å². The number of phenolic OH excluding ortho intramolecular Hbond substituents is 2.